The Hall–Kier alpha value is -5.27. The molecule has 0 radical (unpaired) electrons. The number of fused-ring (bicyclic) bond motifs is 4. The van der Waals surface area contributed by atoms with Crippen molar-refractivity contribution in [3.63, 3.8) is 0 Å². The third kappa shape index (κ3) is 9.36. The van der Waals surface area contributed by atoms with Gasteiger partial charge in [-0.05, 0) is 109 Å². The van der Waals surface area contributed by atoms with E-state index in [1.165, 1.54) is 0 Å². The standard InChI is InChI=1S/C50H57ClN2O10/c1-3-24-60-50-46(53(49(56)57-25-21-51)31-33-15-19-44-45(26-33)59-32-58-44)30-42(52-61-4-2)40-28-36(13-7-9-22-54)39(14-8-10-23-55)47(48(40)50)41-29-38(18-20-43(41)63-50)62-37-17-16-34-11-5-6-12-35(34)27-37/h3,5-6,11-12,15-20,26-29,36,39,46-48,54-55H,1,4,7-10,13-14,21-25,30-32H2,2H3/t36-,39+,46-,47+,48+,50+/m0/s1. The molecule has 1 fully saturated rings. The van der Waals surface area contributed by atoms with Crippen molar-refractivity contribution in [1.82, 2.24) is 4.90 Å². The number of halogens is 1. The van der Waals surface area contributed by atoms with E-state index in [1.54, 1.807) is 11.0 Å². The number of hydrogen-bond acceptors (Lipinski definition) is 11. The number of oxime groups is 1. The number of amides is 1. The largest absolute Gasteiger partial charge is 0.459 e. The van der Waals surface area contributed by atoms with Gasteiger partial charge in [-0.15, -0.1) is 18.2 Å². The average Bonchev–Trinajstić information content (AvgIpc) is 3.78. The highest BCUT2D eigenvalue weighted by Gasteiger charge is 2.65. The zero-order valence-corrected chi connectivity index (χ0v) is 36.5. The monoisotopic (exact) mass is 880 g/mol. The summed E-state index contributed by atoms with van der Waals surface area (Å²) in [6.45, 7) is 6.79. The van der Waals surface area contributed by atoms with Gasteiger partial charge in [-0.2, -0.15) is 0 Å². The molecule has 0 spiro atoms. The zero-order valence-electron chi connectivity index (χ0n) is 35.8. The summed E-state index contributed by atoms with van der Waals surface area (Å²) < 4.78 is 38.4. The fraction of sp³-hybridized carbons (Fsp3) is 0.440. The Morgan fingerprint density at radius 2 is 1.70 bits per heavy atom. The van der Waals surface area contributed by atoms with E-state index in [0.29, 0.717) is 53.9 Å². The Balaban J connectivity index is 1.31. The zero-order chi connectivity index (χ0) is 43.8. The fourth-order valence-corrected chi connectivity index (χ4v) is 10.0. The molecule has 2 aliphatic carbocycles. The number of carbonyl (C=O) groups excluding carboxylic acids is 1. The van der Waals surface area contributed by atoms with E-state index in [0.717, 1.165) is 53.2 Å². The molecule has 4 aliphatic rings. The molecule has 1 amide bonds. The van der Waals surface area contributed by atoms with E-state index in [9.17, 15) is 15.0 Å². The average molecular weight is 881 g/mol. The summed E-state index contributed by atoms with van der Waals surface area (Å²) in [4.78, 5) is 22.1. The van der Waals surface area contributed by atoms with Crippen LogP contribution in [0.2, 0.25) is 0 Å². The highest BCUT2D eigenvalue weighted by atomic mass is 35.5. The second-order valence-electron chi connectivity index (χ2n) is 16.4. The van der Waals surface area contributed by atoms with Crippen molar-refractivity contribution in [2.45, 2.75) is 76.2 Å². The number of nitrogens with zero attached hydrogens (tertiary/aromatic N) is 2. The lowest BCUT2D eigenvalue weighted by molar-refractivity contribution is -0.256. The molecule has 0 bridgehead atoms. The van der Waals surface area contributed by atoms with Gasteiger partial charge in [0.15, 0.2) is 11.5 Å². The molecule has 6 atom stereocenters. The number of benzene rings is 4. The molecule has 12 nitrogen and oxygen atoms in total. The molecule has 0 aromatic heterocycles. The number of aliphatic hydroxyl groups excluding tert-OH is 2. The van der Waals surface area contributed by atoms with Crippen molar-refractivity contribution < 1.29 is 48.3 Å². The Morgan fingerprint density at radius 3 is 2.49 bits per heavy atom. The van der Waals surface area contributed by atoms with E-state index >= 15 is 0 Å². The lowest BCUT2D eigenvalue weighted by Gasteiger charge is -2.59. The van der Waals surface area contributed by atoms with Crippen LogP contribution in [0, 0.1) is 17.8 Å². The van der Waals surface area contributed by atoms with E-state index in [2.05, 4.69) is 36.9 Å². The topological polar surface area (TPSA) is 138 Å². The first-order valence-corrected chi connectivity index (χ1v) is 22.7. The van der Waals surface area contributed by atoms with Crippen LogP contribution in [0.25, 0.3) is 10.8 Å². The molecule has 334 valence electrons. The predicted octanol–water partition coefficient (Wildman–Crippen LogP) is 9.89. The highest BCUT2D eigenvalue weighted by molar-refractivity contribution is 6.18. The minimum absolute atomic E-state index is 0.00547. The Labute approximate surface area is 374 Å². The number of unbranched alkanes of at least 4 members (excludes halogenated alkanes) is 2. The number of carbonyl (C=O) groups is 1. The molecule has 2 N–H and O–H groups in total. The van der Waals surface area contributed by atoms with Crippen LogP contribution in [0.15, 0.2) is 108 Å². The molecular weight excluding hydrogens is 824 g/mol. The van der Waals surface area contributed by atoms with Crippen LogP contribution < -0.4 is 18.9 Å². The van der Waals surface area contributed by atoms with Crippen LogP contribution in [0.1, 0.15) is 68.9 Å². The number of rotatable bonds is 20. The van der Waals surface area contributed by atoms with Crippen LogP contribution in [-0.2, 0) is 20.9 Å². The van der Waals surface area contributed by atoms with Crippen LogP contribution in [0.4, 0.5) is 4.79 Å². The molecule has 4 aromatic carbocycles. The summed E-state index contributed by atoms with van der Waals surface area (Å²) in [6, 6.07) is 25.0. The summed E-state index contributed by atoms with van der Waals surface area (Å²) >= 11 is 6.12. The lowest BCUT2D eigenvalue weighted by atomic mass is 9.55. The second-order valence-corrected chi connectivity index (χ2v) is 16.8. The lowest BCUT2D eigenvalue weighted by Crippen LogP contribution is -2.70. The molecular formula is C50H57ClN2O10. The van der Waals surface area contributed by atoms with E-state index in [4.69, 9.17) is 50.0 Å². The molecule has 0 saturated heterocycles. The van der Waals surface area contributed by atoms with Crippen molar-refractivity contribution >= 4 is 34.2 Å². The van der Waals surface area contributed by atoms with Gasteiger partial charge in [-0.1, -0.05) is 66.5 Å². The number of ether oxygens (including phenoxy) is 6. The van der Waals surface area contributed by atoms with Gasteiger partial charge >= 0.3 is 6.09 Å². The van der Waals surface area contributed by atoms with Gasteiger partial charge in [0.25, 0.3) is 0 Å². The maximum atomic E-state index is 14.6. The first-order chi connectivity index (χ1) is 30.9. The molecule has 2 heterocycles. The third-order valence-electron chi connectivity index (χ3n) is 12.6. The fourth-order valence-electron chi connectivity index (χ4n) is 9.97. The van der Waals surface area contributed by atoms with Crippen LogP contribution >= 0.6 is 11.6 Å². The van der Waals surface area contributed by atoms with Crippen molar-refractivity contribution in [3.8, 4) is 28.7 Å². The molecule has 4 aromatic rings. The second kappa shape index (κ2) is 20.5. The number of alkyl halides is 1. The molecule has 0 unspecified atom stereocenters. The van der Waals surface area contributed by atoms with Gasteiger partial charge in [0.05, 0.1) is 24.1 Å². The van der Waals surface area contributed by atoms with Crippen molar-refractivity contribution in [2.75, 3.05) is 45.7 Å². The van der Waals surface area contributed by atoms with Crippen molar-refractivity contribution in [2.24, 2.45) is 22.9 Å². The summed E-state index contributed by atoms with van der Waals surface area (Å²) in [5, 5.41) is 26.9. The van der Waals surface area contributed by atoms with E-state index < -0.39 is 23.8 Å². The van der Waals surface area contributed by atoms with Crippen molar-refractivity contribution in [1.29, 1.82) is 0 Å². The summed E-state index contributed by atoms with van der Waals surface area (Å²) in [6.07, 6.45) is 8.19. The van der Waals surface area contributed by atoms with Crippen molar-refractivity contribution in [3.05, 3.63) is 114 Å². The van der Waals surface area contributed by atoms with Gasteiger partial charge in [0, 0.05) is 37.7 Å². The SMILES string of the molecule is C=CCO[C@@]12Oc3ccc(Oc4ccc5ccccc5c4)cc3[C@H]3[C@H](CCCCO)[C@@H](CCCCO)C=C(C(=NOCC)C[C@@H]1N(Cc1ccc4c(c1)OCO4)C(=O)OCCCl)[C@H]32. The first-order valence-electron chi connectivity index (χ1n) is 22.2. The first kappa shape index (κ1) is 44.3. The maximum Gasteiger partial charge on any atom is 0.410 e. The van der Waals surface area contributed by atoms with Gasteiger partial charge in [0.1, 0.15) is 36.5 Å². The Bertz CT molecular complexity index is 2300. The van der Waals surface area contributed by atoms with Gasteiger partial charge in [0.2, 0.25) is 12.6 Å². The van der Waals surface area contributed by atoms with Crippen LogP contribution in [0.5, 0.6) is 28.7 Å². The smallest absolute Gasteiger partial charge is 0.410 e. The van der Waals surface area contributed by atoms with E-state index in [1.807, 2.05) is 61.5 Å². The molecule has 2 aliphatic heterocycles. The van der Waals surface area contributed by atoms with Gasteiger partial charge in [-0.25, -0.2) is 4.79 Å². The minimum Gasteiger partial charge on any atom is -0.459 e. The minimum atomic E-state index is -1.48. The van der Waals surface area contributed by atoms with E-state index in [-0.39, 0.29) is 69.8 Å². The number of hydrogen-bond donors (Lipinski definition) is 2. The van der Waals surface area contributed by atoms with Gasteiger partial charge < -0.3 is 43.5 Å². The normalized spacial score (nSPS) is 23.6. The quantitative estimate of drug-likeness (QED) is 0.0382. The van der Waals surface area contributed by atoms with Crippen LogP contribution in [-0.4, -0.2) is 84.5 Å². The number of allylic oxidation sites excluding steroid dienone is 1. The van der Waals surface area contributed by atoms with Crippen LogP contribution in [0.3, 0.4) is 0 Å². The molecule has 63 heavy (non-hydrogen) atoms. The summed E-state index contributed by atoms with van der Waals surface area (Å²) in [5.41, 5.74) is 3.35. The predicted molar refractivity (Wildman–Crippen MR) is 241 cm³/mol. The molecule has 8 rings (SSSR count). The maximum absolute atomic E-state index is 14.6. The summed E-state index contributed by atoms with van der Waals surface area (Å²) in [7, 11) is 0. The summed E-state index contributed by atoms with van der Waals surface area (Å²) in [5.74, 6) is 1.17. The molecule has 13 heteroatoms. The number of aliphatic hydroxyl groups is 2. The highest BCUT2D eigenvalue weighted by Crippen LogP contribution is 2.62. The molecule has 1 saturated carbocycles. The Morgan fingerprint density at radius 1 is 0.937 bits per heavy atom. The third-order valence-corrected chi connectivity index (χ3v) is 12.8. The Kier molecular flexibility index (Phi) is 14.4. The van der Waals surface area contributed by atoms with Gasteiger partial charge in [-0.3, -0.25) is 4.90 Å².